The summed E-state index contributed by atoms with van der Waals surface area (Å²) >= 11 is 0. The average molecular weight is 397 g/mol. The van der Waals surface area contributed by atoms with Gasteiger partial charge in [-0.2, -0.15) is 5.26 Å². The Morgan fingerprint density at radius 3 is 1.73 bits per heavy atom. The van der Waals surface area contributed by atoms with Crippen LogP contribution in [0.1, 0.15) is 5.56 Å². The van der Waals surface area contributed by atoms with Crippen LogP contribution in [-0.4, -0.2) is 22.5 Å². The van der Waals surface area contributed by atoms with Gasteiger partial charge < -0.3 is 19.7 Å². The number of carbonyl (C=O) groups is 2. The Bertz CT molecular complexity index is 1490. The van der Waals surface area contributed by atoms with Crippen LogP contribution < -0.4 is 9.47 Å². The first-order valence-corrected chi connectivity index (χ1v) is 8.87. The fraction of sp³-hybridized carbons (Fsp3) is 0. The number of nitrogens with zero attached hydrogens (tertiary/aromatic N) is 1. The molecule has 0 bridgehead atoms. The largest absolute Gasteiger partial charge is 0.511 e. The molecule has 0 aliphatic carbocycles. The van der Waals surface area contributed by atoms with Crippen LogP contribution in [0.15, 0.2) is 54.6 Å². The van der Waals surface area contributed by atoms with E-state index < -0.39 is 12.3 Å². The van der Waals surface area contributed by atoms with Crippen molar-refractivity contribution in [2.75, 3.05) is 0 Å². The molecule has 0 unspecified atom stereocenters. The molecule has 0 heterocycles. The number of ether oxygens (including phenoxy) is 2. The maximum Gasteiger partial charge on any atom is 0.511 e. The van der Waals surface area contributed by atoms with Crippen molar-refractivity contribution in [1.29, 1.82) is 5.26 Å². The van der Waals surface area contributed by atoms with Crippen LogP contribution in [0.3, 0.4) is 0 Å². The standard InChI is InChI=1S/C23H11NO6/c24-10-11-4-5-14-16-7-9-18(30-23(27)28)21-17(29-22(25)26)8-6-15(20(16)21)13-3-1-2-12(11)19(13)14/h1-9H,(H,25,26)(H,27,28). The lowest BCUT2D eigenvalue weighted by atomic mass is 9.88. The number of rotatable bonds is 2. The van der Waals surface area contributed by atoms with Crippen molar-refractivity contribution in [3.63, 3.8) is 0 Å². The van der Waals surface area contributed by atoms with Crippen LogP contribution in [0.2, 0.25) is 0 Å². The minimum atomic E-state index is -1.52. The summed E-state index contributed by atoms with van der Waals surface area (Å²) in [6.45, 7) is 0. The van der Waals surface area contributed by atoms with Crippen LogP contribution >= 0.6 is 0 Å². The normalized spacial score (nSPS) is 11.2. The molecular formula is C23H11NO6. The van der Waals surface area contributed by atoms with E-state index in [4.69, 9.17) is 19.7 Å². The summed E-state index contributed by atoms with van der Waals surface area (Å²) in [6.07, 6.45) is -3.04. The third-order valence-corrected chi connectivity index (χ3v) is 5.22. The van der Waals surface area contributed by atoms with E-state index in [-0.39, 0.29) is 16.9 Å². The molecule has 0 saturated carbocycles. The molecule has 0 spiro atoms. The van der Waals surface area contributed by atoms with E-state index in [1.54, 1.807) is 18.2 Å². The summed E-state index contributed by atoms with van der Waals surface area (Å²) in [5.41, 5.74) is 0.548. The Morgan fingerprint density at radius 2 is 1.17 bits per heavy atom. The van der Waals surface area contributed by atoms with Gasteiger partial charge in [-0.25, -0.2) is 9.59 Å². The second kappa shape index (κ2) is 6.22. The highest BCUT2D eigenvalue weighted by Crippen LogP contribution is 2.46. The zero-order valence-corrected chi connectivity index (χ0v) is 15.2. The lowest BCUT2D eigenvalue weighted by Gasteiger charge is -2.17. The summed E-state index contributed by atoms with van der Waals surface area (Å²) in [6, 6.07) is 17.8. The third kappa shape index (κ3) is 2.38. The topological polar surface area (TPSA) is 117 Å². The predicted molar refractivity (Wildman–Crippen MR) is 110 cm³/mol. The van der Waals surface area contributed by atoms with Crippen molar-refractivity contribution < 1.29 is 29.3 Å². The molecule has 5 aromatic carbocycles. The van der Waals surface area contributed by atoms with Crippen LogP contribution in [0.25, 0.3) is 43.1 Å². The van der Waals surface area contributed by atoms with Gasteiger partial charge in [0, 0.05) is 10.8 Å². The molecule has 0 aliphatic rings. The first-order valence-electron chi connectivity index (χ1n) is 8.87. The van der Waals surface area contributed by atoms with Crippen molar-refractivity contribution in [3.8, 4) is 17.6 Å². The number of fused-ring (bicyclic) bond motifs is 2. The van der Waals surface area contributed by atoms with Gasteiger partial charge in [0.15, 0.2) is 0 Å². The Kier molecular flexibility index (Phi) is 3.63. The SMILES string of the molecule is N#Cc1ccc2c3ccc(OC(=O)O)c4c(OC(=O)O)ccc(c5cccc1c52)c43. The summed E-state index contributed by atoms with van der Waals surface area (Å²) in [7, 11) is 0. The number of carboxylic acid groups (broad SMARTS) is 2. The van der Waals surface area contributed by atoms with Gasteiger partial charge in [0.05, 0.1) is 17.0 Å². The van der Waals surface area contributed by atoms with E-state index in [0.29, 0.717) is 10.9 Å². The molecule has 0 amide bonds. The zero-order chi connectivity index (χ0) is 21.0. The van der Waals surface area contributed by atoms with Crippen LogP contribution in [0.4, 0.5) is 9.59 Å². The quantitative estimate of drug-likeness (QED) is 0.169. The summed E-state index contributed by atoms with van der Waals surface area (Å²) < 4.78 is 9.85. The van der Waals surface area contributed by atoms with E-state index in [1.807, 2.05) is 24.3 Å². The highest BCUT2D eigenvalue weighted by atomic mass is 16.7. The second-order valence-electron chi connectivity index (χ2n) is 6.71. The molecule has 7 nitrogen and oxygen atoms in total. The lowest BCUT2D eigenvalue weighted by Crippen LogP contribution is -2.07. The zero-order valence-electron chi connectivity index (χ0n) is 15.2. The highest BCUT2D eigenvalue weighted by Gasteiger charge is 2.21. The van der Waals surface area contributed by atoms with Gasteiger partial charge in [0.1, 0.15) is 11.5 Å². The van der Waals surface area contributed by atoms with Crippen molar-refractivity contribution in [1.82, 2.24) is 0 Å². The van der Waals surface area contributed by atoms with Gasteiger partial charge >= 0.3 is 12.3 Å². The molecule has 0 radical (unpaired) electrons. The second-order valence-corrected chi connectivity index (χ2v) is 6.71. The molecular weight excluding hydrogens is 386 g/mol. The molecule has 0 aliphatic heterocycles. The van der Waals surface area contributed by atoms with E-state index in [1.165, 1.54) is 12.1 Å². The molecule has 0 fully saturated rings. The van der Waals surface area contributed by atoms with Crippen LogP contribution in [0, 0.1) is 11.3 Å². The number of hydrogen-bond acceptors (Lipinski definition) is 5. The minimum Gasteiger partial charge on any atom is -0.449 e. The fourth-order valence-electron chi connectivity index (χ4n) is 4.19. The average Bonchev–Trinajstić information content (AvgIpc) is 2.72. The Morgan fingerprint density at radius 1 is 0.667 bits per heavy atom. The van der Waals surface area contributed by atoms with Crippen molar-refractivity contribution >= 4 is 55.4 Å². The molecule has 5 aromatic rings. The summed E-state index contributed by atoms with van der Waals surface area (Å²) in [5.74, 6) is -0.0489. The number of nitriles is 1. The van der Waals surface area contributed by atoms with E-state index in [0.717, 1.165) is 32.3 Å². The Labute approximate surface area is 168 Å². The molecule has 7 heteroatoms. The summed E-state index contributed by atoms with van der Waals surface area (Å²) in [5, 5.41) is 33.6. The first kappa shape index (κ1) is 17.5. The van der Waals surface area contributed by atoms with Crippen LogP contribution in [-0.2, 0) is 0 Å². The third-order valence-electron chi connectivity index (χ3n) is 5.22. The van der Waals surface area contributed by atoms with Gasteiger partial charge in [-0.05, 0) is 57.3 Å². The monoisotopic (exact) mass is 397 g/mol. The van der Waals surface area contributed by atoms with Crippen molar-refractivity contribution in [2.45, 2.75) is 0 Å². The Balaban J connectivity index is 2.06. The molecule has 30 heavy (non-hydrogen) atoms. The van der Waals surface area contributed by atoms with Gasteiger partial charge in [0.25, 0.3) is 0 Å². The van der Waals surface area contributed by atoms with Gasteiger partial charge in [-0.15, -0.1) is 0 Å². The van der Waals surface area contributed by atoms with Crippen molar-refractivity contribution in [3.05, 3.63) is 60.2 Å². The summed E-state index contributed by atoms with van der Waals surface area (Å²) in [4.78, 5) is 22.4. The minimum absolute atomic E-state index is 0.0244. The van der Waals surface area contributed by atoms with E-state index in [2.05, 4.69) is 6.07 Å². The van der Waals surface area contributed by atoms with Gasteiger partial charge in [-0.1, -0.05) is 24.3 Å². The fourth-order valence-corrected chi connectivity index (χ4v) is 4.19. The maximum atomic E-state index is 11.2. The molecule has 144 valence electrons. The number of benzene rings is 5. The van der Waals surface area contributed by atoms with Gasteiger partial charge in [0.2, 0.25) is 0 Å². The van der Waals surface area contributed by atoms with Crippen molar-refractivity contribution in [2.24, 2.45) is 0 Å². The number of hydrogen-bond donors (Lipinski definition) is 2. The molecule has 5 rings (SSSR count). The highest BCUT2D eigenvalue weighted by molar-refractivity contribution is 6.34. The smallest absolute Gasteiger partial charge is 0.449 e. The van der Waals surface area contributed by atoms with Crippen LogP contribution in [0.5, 0.6) is 11.5 Å². The maximum absolute atomic E-state index is 11.2. The first-order chi connectivity index (χ1) is 14.5. The lowest BCUT2D eigenvalue weighted by molar-refractivity contribution is 0.144. The molecule has 0 aromatic heterocycles. The predicted octanol–water partition coefficient (Wildman–Crippen LogP) is 5.72. The Hall–Kier alpha value is -4.57. The van der Waals surface area contributed by atoms with E-state index in [9.17, 15) is 14.9 Å². The van der Waals surface area contributed by atoms with Gasteiger partial charge in [-0.3, -0.25) is 0 Å². The molecule has 0 atom stereocenters. The molecule has 2 N–H and O–H groups in total. The van der Waals surface area contributed by atoms with E-state index >= 15 is 0 Å². The molecule has 0 saturated heterocycles.